The van der Waals surface area contributed by atoms with Crippen LogP contribution in [0.15, 0.2) is 11.6 Å². The van der Waals surface area contributed by atoms with Crippen LogP contribution in [0.25, 0.3) is 0 Å². The third-order valence-electron chi connectivity index (χ3n) is 8.07. The third kappa shape index (κ3) is 2.76. The van der Waals surface area contributed by atoms with Crippen LogP contribution >= 0.6 is 0 Å². The van der Waals surface area contributed by atoms with Crippen molar-refractivity contribution < 1.29 is 32.3 Å². The van der Waals surface area contributed by atoms with Gasteiger partial charge in [0.2, 0.25) is 0 Å². The molecule has 3 fully saturated rings. The predicted molar refractivity (Wildman–Crippen MR) is 93.0 cm³/mol. The van der Waals surface area contributed by atoms with Crippen LogP contribution in [-0.2, 0) is 19.1 Å². The monoisotopic (exact) mass is 398 g/mol. The van der Waals surface area contributed by atoms with Gasteiger partial charge in [0.15, 0.2) is 5.78 Å². The molecular formula is C21H25F3O4. The standard InChI is InChI=1S/C21H25F3O4/c1-19-8-7-12(25)9-11(19)3-4-13-14-5-6-16(26)20(14,2)10-15(17(13)19)28-18(27)21(22,23)24/h9,13-15,17H,3-8,10H2,1-2H3/t13-,14-,15-,17+,19-,20-/m0/s1. The van der Waals surface area contributed by atoms with E-state index in [1.807, 2.05) is 13.8 Å². The first kappa shape index (κ1) is 19.6. The Morgan fingerprint density at radius 1 is 1.11 bits per heavy atom. The van der Waals surface area contributed by atoms with Gasteiger partial charge in [-0.15, -0.1) is 0 Å². The molecule has 7 heteroatoms. The molecule has 0 aromatic heterocycles. The van der Waals surface area contributed by atoms with Gasteiger partial charge in [0.05, 0.1) is 0 Å². The summed E-state index contributed by atoms with van der Waals surface area (Å²) < 4.78 is 43.9. The number of esters is 1. The lowest BCUT2D eigenvalue weighted by atomic mass is 9.46. The van der Waals surface area contributed by atoms with Gasteiger partial charge in [-0.05, 0) is 55.4 Å². The number of carbonyl (C=O) groups excluding carboxylic acids is 3. The molecule has 0 aliphatic heterocycles. The Morgan fingerprint density at radius 2 is 1.82 bits per heavy atom. The number of rotatable bonds is 1. The summed E-state index contributed by atoms with van der Waals surface area (Å²) in [6.07, 6.45) is -0.746. The van der Waals surface area contributed by atoms with Crippen LogP contribution < -0.4 is 0 Å². The molecule has 4 nitrogen and oxygen atoms in total. The number of hydrogen-bond donors (Lipinski definition) is 0. The minimum absolute atomic E-state index is 0.0200. The van der Waals surface area contributed by atoms with Crippen molar-refractivity contribution >= 4 is 17.5 Å². The van der Waals surface area contributed by atoms with Crippen molar-refractivity contribution in [2.24, 2.45) is 28.6 Å². The quantitative estimate of drug-likeness (QED) is 0.622. The minimum Gasteiger partial charge on any atom is -0.455 e. The van der Waals surface area contributed by atoms with Crippen LogP contribution in [0.5, 0.6) is 0 Å². The summed E-state index contributed by atoms with van der Waals surface area (Å²) in [5.74, 6) is -2.25. The first-order chi connectivity index (χ1) is 13.0. The number of hydrogen-bond acceptors (Lipinski definition) is 4. The van der Waals surface area contributed by atoms with Crippen molar-refractivity contribution in [1.29, 1.82) is 0 Å². The Bertz CT molecular complexity index is 770. The fourth-order valence-electron chi connectivity index (χ4n) is 6.74. The molecule has 0 N–H and O–H groups in total. The van der Waals surface area contributed by atoms with Crippen molar-refractivity contribution in [3.05, 3.63) is 11.6 Å². The van der Waals surface area contributed by atoms with Gasteiger partial charge < -0.3 is 4.74 Å². The molecule has 0 heterocycles. The summed E-state index contributed by atoms with van der Waals surface area (Å²) in [6.45, 7) is 3.83. The lowest BCUT2D eigenvalue weighted by Crippen LogP contribution is -2.58. The molecule has 4 aliphatic carbocycles. The van der Waals surface area contributed by atoms with Crippen LogP contribution in [0.2, 0.25) is 0 Å². The fraction of sp³-hybridized carbons (Fsp3) is 0.762. The van der Waals surface area contributed by atoms with E-state index >= 15 is 0 Å². The molecule has 0 aromatic rings. The van der Waals surface area contributed by atoms with E-state index in [2.05, 4.69) is 0 Å². The van der Waals surface area contributed by atoms with Crippen LogP contribution in [0.1, 0.15) is 58.8 Å². The first-order valence-corrected chi connectivity index (χ1v) is 10.0. The zero-order valence-electron chi connectivity index (χ0n) is 16.1. The molecule has 6 atom stereocenters. The van der Waals surface area contributed by atoms with Crippen molar-refractivity contribution in [3.8, 4) is 0 Å². The molecular weight excluding hydrogens is 373 g/mol. The molecule has 0 radical (unpaired) electrons. The summed E-state index contributed by atoms with van der Waals surface area (Å²) in [5, 5.41) is 0. The number of ketones is 2. The van der Waals surface area contributed by atoms with E-state index in [1.165, 1.54) is 0 Å². The van der Waals surface area contributed by atoms with Crippen molar-refractivity contribution in [2.45, 2.75) is 71.1 Å². The van der Waals surface area contributed by atoms with Gasteiger partial charge in [-0.25, -0.2) is 4.79 Å². The van der Waals surface area contributed by atoms with Gasteiger partial charge in [0, 0.05) is 24.2 Å². The van der Waals surface area contributed by atoms with Crippen LogP contribution in [0.4, 0.5) is 13.2 Å². The molecule has 0 aromatic carbocycles. The average Bonchev–Trinajstić information content (AvgIpc) is 2.89. The van der Waals surface area contributed by atoms with E-state index in [9.17, 15) is 27.6 Å². The van der Waals surface area contributed by atoms with Gasteiger partial charge in [-0.2, -0.15) is 13.2 Å². The second-order valence-corrected chi connectivity index (χ2v) is 9.41. The Balaban J connectivity index is 1.76. The lowest BCUT2D eigenvalue weighted by molar-refractivity contribution is -0.219. The van der Waals surface area contributed by atoms with E-state index in [4.69, 9.17) is 4.74 Å². The number of carbonyl (C=O) groups is 3. The number of allylic oxidation sites excluding steroid dienone is 1. The Hall–Kier alpha value is -1.66. The zero-order valence-corrected chi connectivity index (χ0v) is 16.1. The Kier molecular flexibility index (Phi) is 4.33. The highest BCUT2D eigenvalue weighted by Gasteiger charge is 2.63. The topological polar surface area (TPSA) is 60.4 Å². The van der Waals surface area contributed by atoms with E-state index in [1.54, 1.807) is 6.08 Å². The van der Waals surface area contributed by atoms with Gasteiger partial charge in [-0.3, -0.25) is 9.59 Å². The van der Waals surface area contributed by atoms with Crippen LogP contribution in [0, 0.1) is 28.6 Å². The number of ether oxygens (including phenoxy) is 1. The molecule has 4 rings (SSSR count). The summed E-state index contributed by atoms with van der Waals surface area (Å²) in [6, 6.07) is 0. The molecule has 0 amide bonds. The highest BCUT2D eigenvalue weighted by molar-refractivity contribution is 5.92. The summed E-state index contributed by atoms with van der Waals surface area (Å²) in [7, 11) is 0. The summed E-state index contributed by atoms with van der Waals surface area (Å²) in [4.78, 5) is 36.3. The number of fused-ring (bicyclic) bond motifs is 5. The average molecular weight is 398 g/mol. The molecule has 0 spiro atoms. The van der Waals surface area contributed by atoms with Crippen molar-refractivity contribution in [2.75, 3.05) is 0 Å². The summed E-state index contributed by atoms with van der Waals surface area (Å²) >= 11 is 0. The molecule has 4 aliphatic rings. The number of alkyl halides is 3. The highest BCUT2D eigenvalue weighted by atomic mass is 19.4. The van der Waals surface area contributed by atoms with E-state index < -0.39 is 29.1 Å². The molecule has 0 saturated heterocycles. The Morgan fingerprint density at radius 3 is 2.50 bits per heavy atom. The molecule has 28 heavy (non-hydrogen) atoms. The molecule has 154 valence electrons. The van der Waals surface area contributed by atoms with Gasteiger partial charge in [0.25, 0.3) is 0 Å². The first-order valence-electron chi connectivity index (χ1n) is 10.0. The van der Waals surface area contributed by atoms with Crippen LogP contribution in [-0.4, -0.2) is 29.8 Å². The second kappa shape index (κ2) is 6.17. The molecule has 0 unspecified atom stereocenters. The SMILES string of the molecule is C[C@]12CCC(=O)C=C1CC[C@@H]1[C@@H]2[C@@H](OC(=O)C(F)(F)F)C[C@]2(C)C(=O)CC[C@@H]12. The minimum atomic E-state index is -5.07. The second-order valence-electron chi connectivity index (χ2n) is 9.41. The Labute approximate surface area is 161 Å². The van der Waals surface area contributed by atoms with E-state index in [0.717, 1.165) is 12.0 Å². The smallest absolute Gasteiger partial charge is 0.455 e. The van der Waals surface area contributed by atoms with E-state index in [-0.39, 0.29) is 35.7 Å². The van der Waals surface area contributed by atoms with Gasteiger partial charge in [0.1, 0.15) is 11.9 Å². The number of Topliss-reactive ketones (excluding diaryl/α,β-unsaturated/α-hetero) is 1. The zero-order chi connectivity index (χ0) is 20.5. The van der Waals surface area contributed by atoms with E-state index in [0.29, 0.717) is 32.1 Å². The maximum absolute atomic E-state index is 13.0. The largest absolute Gasteiger partial charge is 0.490 e. The predicted octanol–water partition coefficient (Wildman–Crippen LogP) is 4.17. The molecule has 0 bridgehead atoms. The number of halogens is 3. The van der Waals surface area contributed by atoms with Crippen LogP contribution in [0.3, 0.4) is 0 Å². The lowest BCUT2D eigenvalue weighted by Gasteiger charge is -2.59. The highest BCUT2D eigenvalue weighted by Crippen LogP contribution is 2.65. The van der Waals surface area contributed by atoms with Crippen molar-refractivity contribution in [1.82, 2.24) is 0 Å². The maximum atomic E-state index is 13.0. The normalized spacial score (nSPS) is 43.0. The van der Waals surface area contributed by atoms with Crippen molar-refractivity contribution in [3.63, 3.8) is 0 Å². The fourth-order valence-corrected chi connectivity index (χ4v) is 6.74. The van der Waals surface area contributed by atoms with Gasteiger partial charge in [-0.1, -0.05) is 19.4 Å². The third-order valence-corrected chi connectivity index (χ3v) is 8.07. The van der Waals surface area contributed by atoms with Gasteiger partial charge >= 0.3 is 12.1 Å². The maximum Gasteiger partial charge on any atom is 0.490 e. The summed E-state index contributed by atoms with van der Waals surface area (Å²) in [5.41, 5.74) is -0.244. The molecule has 3 saturated carbocycles.